The summed E-state index contributed by atoms with van der Waals surface area (Å²) in [6, 6.07) is 0. The molecule has 3 radical (unpaired) electrons. The van der Waals surface area contributed by atoms with E-state index in [1.54, 1.807) is 0 Å². The average molecular weight is 597 g/mol. The molecule has 27 heavy (non-hydrogen) atoms. The van der Waals surface area contributed by atoms with Crippen molar-refractivity contribution in [1.82, 2.24) is 0 Å². The van der Waals surface area contributed by atoms with E-state index in [0.717, 1.165) is 0 Å². The van der Waals surface area contributed by atoms with Crippen molar-refractivity contribution in [3.05, 3.63) is 0 Å². The second-order valence-corrected chi connectivity index (χ2v) is 2.30. The normalized spacial score (nSPS) is 5.48. The smallest absolute Gasteiger partial charge is 0.549 e. The van der Waals surface area contributed by atoms with Gasteiger partial charge in [-0.05, 0) is 0 Å². The van der Waals surface area contributed by atoms with Gasteiger partial charge in [0.05, 0.1) is 23.9 Å². The van der Waals surface area contributed by atoms with Gasteiger partial charge in [0.2, 0.25) is 0 Å². The van der Waals surface area contributed by atoms with Crippen LogP contribution in [0, 0.1) is 0 Å². The second-order valence-electron chi connectivity index (χ2n) is 2.30. The topological polar surface area (TPSA) is 265 Å². The SMILES string of the molecule is Cl.Cl.Cl.Cl.Cl.NCC(=O)[O-].NCC(=O)[O-].NCC(=O)[O-].NCC(=O)[O-].[Al].[Zr+4]. The van der Waals surface area contributed by atoms with Gasteiger partial charge in [-0.2, -0.15) is 0 Å². The van der Waals surface area contributed by atoms with Crippen molar-refractivity contribution in [3.63, 3.8) is 0 Å². The maximum atomic E-state index is 9.13. The van der Waals surface area contributed by atoms with Gasteiger partial charge < -0.3 is 62.5 Å². The molecular weight excluding hydrogens is 576 g/mol. The predicted octanol–water partition coefficient (Wildman–Crippen LogP) is -7.49. The van der Waals surface area contributed by atoms with E-state index in [2.05, 4.69) is 22.9 Å². The number of carboxylic acids is 4. The zero-order valence-electron chi connectivity index (χ0n) is 13.5. The van der Waals surface area contributed by atoms with E-state index in [0.29, 0.717) is 0 Å². The molecule has 0 saturated heterocycles. The van der Waals surface area contributed by atoms with Crippen LogP contribution in [0.2, 0.25) is 0 Å². The fourth-order valence-electron chi connectivity index (χ4n) is 0. The third-order valence-electron chi connectivity index (χ3n) is 0.667. The van der Waals surface area contributed by atoms with Crippen LogP contribution in [0.1, 0.15) is 0 Å². The van der Waals surface area contributed by atoms with Crippen LogP contribution in [-0.2, 0) is 45.4 Å². The van der Waals surface area contributed by atoms with Crippen molar-refractivity contribution < 1.29 is 65.8 Å². The first-order valence-corrected chi connectivity index (χ1v) is 4.68. The monoisotopic (exact) mass is 593 g/mol. The molecule has 0 aliphatic rings. The van der Waals surface area contributed by atoms with Crippen LogP contribution in [0.5, 0.6) is 0 Å². The van der Waals surface area contributed by atoms with Crippen molar-refractivity contribution in [2.45, 2.75) is 0 Å². The minimum absolute atomic E-state index is 0. The molecule has 8 N–H and O–H groups in total. The number of carbonyl (C=O) groups is 4. The maximum Gasteiger partial charge on any atom is 4.00 e. The van der Waals surface area contributed by atoms with E-state index >= 15 is 0 Å². The molecule has 0 aromatic rings. The molecule has 0 rings (SSSR count). The first kappa shape index (κ1) is 70.9. The van der Waals surface area contributed by atoms with E-state index in [1.165, 1.54) is 0 Å². The molecule has 0 fully saturated rings. The van der Waals surface area contributed by atoms with E-state index in [4.69, 9.17) is 39.6 Å². The van der Waals surface area contributed by atoms with Gasteiger partial charge in [0.25, 0.3) is 0 Å². The molecule has 0 saturated carbocycles. The number of carbonyl (C=O) groups excluding carboxylic acids is 4. The Labute approximate surface area is 216 Å². The molecule has 163 valence electrons. The third-order valence-corrected chi connectivity index (χ3v) is 0.667. The number of hydrogen-bond donors (Lipinski definition) is 4. The van der Waals surface area contributed by atoms with Gasteiger partial charge in [-0.25, -0.2) is 0 Å². The van der Waals surface area contributed by atoms with Crippen molar-refractivity contribution in [2.24, 2.45) is 22.9 Å². The first-order chi connectivity index (χ1) is 9.08. The molecule has 0 unspecified atom stereocenters. The molecule has 0 amide bonds. The van der Waals surface area contributed by atoms with E-state index in [-0.39, 0.29) is 132 Å². The molecular formula is C8H21AlCl5N4O8Zr. The summed E-state index contributed by atoms with van der Waals surface area (Å²) >= 11 is 0. The zero-order valence-corrected chi connectivity index (χ0v) is 21.2. The largest absolute Gasteiger partial charge is 4.00 e. The Morgan fingerprint density at radius 3 is 0.519 bits per heavy atom. The number of aliphatic carboxylic acids is 4. The van der Waals surface area contributed by atoms with Crippen LogP contribution in [0.4, 0.5) is 0 Å². The standard InChI is InChI=1S/4C2H5NO2.Al.5ClH.Zr/c4*3-1-2(4)5;;;;;;;/h4*1,3H2,(H,4,5);;5*1H;/q;;;;;;;;;;+4/p-4. The Morgan fingerprint density at radius 2 is 0.519 bits per heavy atom. The Kier molecular flexibility index (Phi) is 166. The summed E-state index contributed by atoms with van der Waals surface area (Å²) in [5.74, 6) is -4.87. The van der Waals surface area contributed by atoms with Crippen LogP contribution in [0.25, 0.3) is 0 Å². The quantitative estimate of drug-likeness (QED) is 0.220. The number of nitrogens with two attached hydrogens (primary N) is 4. The van der Waals surface area contributed by atoms with Gasteiger partial charge in [0, 0.05) is 43.5 Å². The Hall–Kier alpha value is 0.586. The van der Waals surface area contributed by atoms with Crippen LogP contribution < -0.4 is 43.4 Å². The minimum atomic E-state index is -1.22. The maximum absolute atomic E-state index is 9.13. The zero-order chi connectivity index (χ0) is 17.1. The van der Waals surface area contributed by atoms with Crippen molar-refractivity contribution in [1.29, 1.82) is 0 Å². The number of hydrogen-bond acceptors (Lipinski definition) is 12. The van der Waals surface area contributed by atoms with Gasteiger partial charge in [-0.3, -0.25) is 0 Å². The second kappa shape index (κ2) is 63.3. The van der Waals surface area contributed by atoms with Crippen LogP contribution in [-0.4, -0.2) is 67.4 Å². The third kappa shape index (κ3) is 218. The summed E-state index contributed by atoms with van der Waals surface area (Å²) in [5.41, 5.74) is 18.0. The molecule has 0 aromatic carbocycles. The Bertz CT molecular complexity index is 258. The Balaban J connectivity index is -0.0000000129. The van der Waals surface area contributed by atoms with Gasteiger partial charge in [-0.1, -0.05) is 0 Å². The summed E-state index contributed by atoms with van der Waals surface area (Å²) < 4.78 is 0. The Morgan fingerprint density at radius 1 is 0.481 bits per heavy atom. The minimum Gasteiger partial charge on any atom is -0.549 e. The number of halogens is 5. The average Bonchev–Trinajstić information content (AvgIpc) is 2.40. The van der Waals surface area contributed by atoms with Gasteiger partial charge >= 0.3 is 26.2 Å². The summed E-state index contributed by atoms with van der Waals surface area (Å²) in [5, 5.41) is 36.5. The fourth-order valence-corrected chi connectivity index (χ4v) is 0. The van der Waals surface area contributed by atoms with Gasteiger partial charge in [0.1, 0.15) is 0 Å². The first-order valence-electron chi connectivity index (χ1n) is 4.68. The fraction of sp³-hybridized carbons (Fsp3) is 0.500. The molecule has 0 aliphatic heterocycles. The molecule has 19 heteroatoms. The van der Waals surface area contributed by atoms with Crippen LogP contribution >= 0.6 is 62.0 Å². The van der Waals surface area contributed by atoms with Crippen molar-refractivity contribution >= 4 is 103 Å². The van der Waals surface area contributed by atoms with E-state index in [9.17, 15) is 0 Å². The molecule has 0 aromatic heterocycles. The molecule has 0 heterocycles. The van der Waals surface area contributed by atoms with Crippen LogP contribution in [0.3, 0.4) is 0 Å². The van der Waals surface area contributed by atoms with E-state index < -0.39 is 23.9 Å². The molecule has 12 nitrogen and oxygen atoms in total. The molecule has 0 bridgehead atoms. The molecule has 0 atom stereocenters. The molecule has 0 spiro atoms. The number of carboxylic acid groups (broad SMARTS) is 4. The van der Waals surface area contributed by atoms with Crippen molar-refractivity contribution in [2.75, 3.05) is 26.2 Å². The van der Waals surface area contributed by atoms with E-state index in [1.807, 2.05) is 0 Å². The summed E-state index contributed by atoms with van der Waals surface area (Å²) in [6.07, 6.45) is 0. The molecule has 0 aliphatic carbocycles. The summed E-state index contributed by atoms with van der Waals surface area (Å²) in [4.78, 5) is 36.5. The summed E-state index contributed by atoms with van der Waals surface area (Å²) in [7, 11) is 0. The summed E-state index contributed by atoms with van der Waals surface area (Å²) in [6.45, 7) is -1.56. The van der Waals surface area contributed by atoms with Gasteiger partial charge in [0.15, 0.2) is 0 Å². The predicted molar refractivity (Wildman–Crippen MR) is 98.2 cm³/mol. The van der Waals surface area contributed by atoms with Crippen molar-refractivity contribution in [3.8, 4) is 0 Å². The van der Waals surface area contributed by atoms with Crippen LogP contribution in [0.15, 0.2) is 0 Å². The number of rotatable bonds is 4. The van der Waals surface area contributed by atoms with Gasteiger partial charge in [-0.15, -0.1) is 62.0 Å².